The van der Waals surface area contributed by atoms with E-state index in [4.69, 9.17) is 5.11 Å². The maximum Gasteiger partial charge on any atom is 0.323 e. The molecule has 0 fully saturated rings. The quantitative estimate of drug-likeness (QED) is 0.836. The fourth-order valence-electron chi connectivity index (χ4n) is 1.47. The summed E-state index contributed by atoms with van der Waals surface area (Å²) in [5.74, 6) is -1.23. The van der Waals surface area contributed by atoms with Crippen LogP contribution >= 0.6 is 0 Å². The van der Waals surface area contributed by atoms with Crippen molar-refractivity contribution in [1.29, 1.82) is 0 Å². The molecule has 0 aromatic heterocycles. The molecule has 0 saturated carbocycles. The van der Waals surface area contributed by atoms with Crippen molar-refractivity contribution in [1.82, 2.24) is 4.90 Å². The second-order valence-corrected chi connectivity index (χ2v) is 3.76. The number of nitrogens with zero attached hydrogens (tertiary/aromatic N) is 1. The van der Waals surface area contributed by atoms with E-state index in [1.807, 2.05) is 31.2 Å². The highest BCUT2D eigenvalue weighted by molar-refractivity contribution is 5.79. The SMILES string of the molecule is CC(=O)N(CC(=O)O)Cc1cccc(C)c1. The van der Waals surface area contributed by atoms with Crippen LogP contribution in [0, 0.1) is 6.92 Å². The Hall–Kier alpha value is -1.84. The van der Waals surface area contributed by atoms with Crippen LogP contribution in [0.25, 0.3) is 0 Å². The maximum absolute atomic E-state index is 11.2. The molecule has 0 aliphatic carbocycles. The van der Waals surface area contributed by atoms with Crippen LogP contribution in [0.15, 0.2) is 24.3 Å². The van der Waals surface area contributed by atoms with Crippen molar-refractivity contribution in [2.75, 3.05) is 6.54 Å². The topological polar surface area (TPSA) is 57.6 Å². The van der Waals surface area contributed by atoms with E-state index in [1.165, 1.54) is 11.8 Å². The van der Waals surface area contributed by atoms with Gasteiger partial charge in [0.15, 0.2) is 0 Å². The summed E-state index contributed by atoms with van der Waals surface area (Å²) in [6.45, 7) is 3.41. The number of carbonyl (C=O) groups is 2. The highest BCUT2D eigenvalue weighted by Crippen LogP contribution is 2.07. The Bertz CT molecular complexity index is 401. The van der Waals surface area contributed by atoms with Gasteiger partial charge in [-0.05, 0) is 12.5 Å². The zero-order valence-corrected chi connectivity index (χ0v) is 9.43. The molecular weight excluding hydrogens is 206 g/mol. The van der Waals surface area contributed by atoms with E-state index in [9.17, 15) is 9.59 Å². The van der Waals surface area contributed by atoms with Crippen LogP contribution < -0.4 is 0 Å². The molecule has 4 nitrogen and oxygen atoms in total. The van der Waals surface area contributed by atoms with E-state index in [0.717, 1.165) is 11.1 Å². The minimum absolute atomic E-state index is 0.232. The van der Waals surface area contributed by atoms with Crippen molar-refractivity contribution in [3.63, 3.8) is 0 Å². The Labute approximate surface area is 94.5 Å². The molecule has 1 N–H and O–H groups in total. The monoisotopic (exact) mass is 221 g/mol. The summed E-state index contributed by atoms with van der Waals surface area (Å²) in [5.41, 5.74) is 2.03. The van der Waals surface area contributed by atoms with Crippen LogP contribution in [0.1, 0.15) is 18.1 Å². The van der Waals surface area contributed by atoms with Crippen molar-refractivity contribution in [2.24, 2.45) is 0 Å². The third kappa shape index (κ3) is 3.73. The van der Waals surface area contributed by atoms with Crippen molar-refractivity contribution < 1.29 is 14.7 Å². The van der Waals surface area contributed by atoms with Crippen molar-refractivity contribution in [3.8, 4) is 0 Å². The van der Waals surface area contributed by atoms with Crippen LogP contribution in [0.5, 0.6) is 0 Å². The zero-order valence-electron chi connectivity index (χ0n) is 9.43. The normalized spacial score (nSPS) is 9.88. The second-order valence-electron chi connectivity index (χ2n) is 3.76. The highest BCUT2D eigenvalue weighted by Gasteiger charge is 2.12. The molecule has 0 saturated heterocycles. The lowest BCUT2D eigenvalue weighted by molar-refractivity contribution is -0.144. The fraction of sp³-hybridized carbons (Fsp3) is 0.333. The molecule has 1 amide bonds. The summed E-state index contributed by atoms with van der Waals surface area (Å²) < 4.78 is 0. The van der Waals surface area contributed by atoms with Gasteiger partial charge in [0, 0.05) is 13.5 Å². The number of benzene rings is 1. The molecular formula is C12H15NO3. The minimum atomic E-state index is -0.997. The van der Waals surface area contributed by atoms with Gasteiger partial charge >= 0.3 is 5.97 Å². The Morgan fingerprint density at radius 1 is 1.38 bits per heavy atom. The predicted molar refractivity (Wildman–Crippen MR) is 59.9 cm³/mol. The van der Waals surface area contributed by atoms with Gasteiger partial charge in [0.05, 0.1) is 0 Å². The molecule has 1 aromatic rings. The molecule has 0 atom stereocenters. The predicted octanol–water partition coefficient (Wildman–Crippen LogP) is 1.43. The average molecular weight is 221 g/mol. The van der Waals surface area contributed by atoms with Crippen molar-refractivity contribution >= 4 is 11.9 Å². The van der Waals surface area contributed by atoms with Gasteiger partial charge in [-0.2, -0.15) is 0 Å². The molecule has 0 aliphatic heterocycles. The summed E-state index contributed by atoms with van der Waals surface area (Å²) in [6, 6.07) is 7.67. The molecule has 0 radical (unpaired) electrons. The number of aliphatic carboxylic acids is 1. The van der Waals surface area contributed by atoms with Gasteiger partial charge in [0.2, 0.25) is 5.91 Å². The lowest BCUT2D eigenvalue weighted by Crippen LogP contribution is -2.33. The fourth-order valence-corrected chi connectivity index (χ4v) is 1.47. The summed E-state index contributed by atoms with van der Waals surface area (Å²) in [4.78, 5) is 23.1. The molecule has 0 aliphatic rings. The first-order valence-corrected chi connectivity index (χ1v) is 5.02. The van der Waals surface area contributed by atoms with Gasteiger partial charge in [-0.15, -0.1) is 0 Å². The zero-order chi connectivity index (χ0) is 12.1. The minimum Gasteiger partial charge on any atom is -0.480 e. The van der Waals surface area contributed by atoms with Crippen LogP contribution in [-0.4, -0.2) is 28.4 Å². The van der Waals surface area contributed by atoms with Crippen LogP contribution in [0.2, 0.25) is 0 Å². The summed E-state index contributed by atoms with van der Waals surface area (Å²) in [7, 11) is 0. The van der Waals surface area contributed by atoms with E-state index in [0.29, 0.717) is 6.54 Å². The Kier molecular flexibility index (Phi) is 4.05. The molecule has 1 rings (SSSR count). The molecule has 1 aromatic carbocycles. The van der Waals surface area contributed by atoms with Crippen molar-refractivity contribution in [2.45, 2.75) is 20.4 Å². The van der Waals surface area contributed by atoms with E-state index in [2.05, 4.69) is 0 Å². The molecule has 4 heteroatoms. The number of hydrogen-bond acceptors (Lipinski definition) is 2. The molecule has 0 bridgehead atoms. The Morgan fingerprint density at radius 3 is 2.56 bits per heavy atom. The standard InChI is InChI=1S/C12H15NO3/c1-9-4-3-5-11(6-9)7-13(10(2)14)8-12(15)16/h3-6H,7-8H2,1-2H3,(H,15,16). The first-order chi connectivity index (χ1) is 7.49. The molecule has 86 valence electrons. The Morgan fingerprint density at radius 2 is 2.06 bits per heavy atom. The van der Waals surface area contributed by atoms with E-state index >= 15 is 0 Å². The number of rotatable bonds is 4. The van der Waals surface area contributed by atoms with Gasteiger partial charge in [0.25, 0.3) is 0 Å². The lowest BCUT2D eigenvalue weighted by atomic mass is 10.1. The first-order valence-electron chi connectivity index (χ1n) is 5.02. The smallest absolute Gasteiger partial charge is 0.323 e. The van der Waals surface area contributed by atoms with Crippen molar-refractivity contribution in [3.05, 3.63) is 35.4 Å². The number of carboxylic acids is 1. The first kappa shape index (κ1) is 12.2. The molecule has 0 spiro atoms. The number of carboxylic acid groups (broad SMARTS) is 1. The molecule has 0 unspecified atom stereocenters. The Balaban J connectivity index is 2.75. The number of hydrogen-bond donors (Lipinski definition) is 1. The number of carbonyl (C=O) groups excluding carboxylic acids is 1. The lowest BCUT2D eigenvalue weighted by Gasteiger charge is -2.18. The number of aryl methyl sites for hydroxylation is 1. The third-order valence-electron chi connectivity index (χ3n) is 2.23. The molecule has 16 heavy (non-hydrogen) atoms. The maximum atomic E-state index is 11.2. The van der Waals surface area contributed by atoms with Gasteiger partial charge < -0.3 is 10.0 Å². The summed E-state index contributed by atoms with van der Waals surface area (Å²) >= 11 is 0. The second kappa shape index (κ2) is 5.30. The largest absolute Gasteiger partial charge is 0.480 e. The number of amides is 1. The van der Waals surface area contributed by atoms with E-state index in [-0.39, 0.29) is 12.5 Å². The summed E-state index contributed by atoms with van der Waals surface area (Å²) in [6.07, 6.45) is 0. The molecule has 0 heterocycles. The van der Waals surface area contributed by atoms with E-state index in [1.54, 1.807) is 0 Å². The van der Waals surface area contributed by atoms with Gasteiger partial charge in [-0.25, -0.2) is 0 Å². The van der Waals surface area contributed by atoms with Gasteiger partial charge in [0.1, 0.15) is 6.54 Å². The van der Waals surface area contributed by atoms with Gasteiger partial charge in [-0.3, -0.25) is 9.59 Å². The van der Waals surface area contributed by atoms with E-state index < -0.39 is 5.97 Å². The van der Waals surface area contributed by atoms with Crippen LogP contribution in [0.4, 0.5) is 0 Å². The third-order valence-corrected chi connectivity index (χ3v) is 2.23. The average Bonchev–Trinajstić information content (AvgIpc) is 2.15. The van der Waals surface area contributed by atoms with Crippen LogP contribution in [0.3, 0.4) is 0 Å². The van der Waals surface area contributed by atoms with Gasteiger partial charge in [-0.1, -0.05) is 29.8 Å². The summed E-state index contributed by atoms with van der Waals surface area (Å²) in [5, 5.41) is 8.67. The van der Waals surface area contributed by atoms with Crippen LogP contribution in [-0.2, 0) is 16.1 Å². The highest BCUT2D eigenvalue weighted by atomic mass is 16.4.